The third-order valence-electron chi connectivity index (χ3n) is 7.36. The summed E-state index contributed by atoms with van der Waals surface area (Å²) in [6.45, 7) is 6.20. The minimum Gasteiger partial charge on any atom is -0.361 e. The summed E-state index contributed by atoms with van der Waals surface area (Å²) in [7, 11) is 1.53. The van der Waals surface area contributed by atoms with Gasteiger partial charge in [-0.3, -0.25) is 4.79 Å². The highest BCUT2D eigenvalue weighted by Gasteiger charge is 2.25. The Hall–Kier alpha value is -5.16. The highest BCUT2D eigenvalue weighted by molar-refractivity contribution is 5.80. The lowest BCUT2D eigenvalue weighted by Gasteiger charge is -2.17. The lowest BCUT2D eigenvalue weighted by Crippen LogP contribution is -2.41. The molecule has 42 heavy (non-hydrogen) atoms. The fraction of sp³-hybridized carbons (Fsp3) is 0.226. The fourth-order valence-electron chi connectivity index (χ4n) is 5.24. The van der Waals surface area contributed by atoms with Crippen LogP contribution < -0.4 is 11.2 Å². The lowest BCUT2D eigenvalue weighted by molar-refractivity contribution is 0.0591. The summed E-state index contributed by atoms with van der Waals surface area (Å²) in [5.74, 6) is 1.22. The number of aromatic nitrogens is 8. The molecule has 11 nitrogen and oxygen atoms in total. The number of methoxy groups -OCH3 is 1. The standard InChI is InChI=1S/C31H30N8O3/c1-19(2)28-32-29-26(30(40)39(23-10-6-5-7-11-23)31(41)38(29)20(3)42-4)37(28)18-21-14-16-22(17-15-21)24-12-8-9-13-25(24)27-33-35-36-34-27/h5-17,19-20H,18H2,1-4H3,(H,33,34,35,36). The normalized spacial score (nSPS) is 12.3. The van der Waals surface area contributed by atoms with Crippen LogP contribution in [-0.4, -0.2) is 46.4 Å². The van der Waals surface area contributed by atoms with E-state index in [1.807, 2.05) is 73.0 Å². The van der Waals surface area contributed by atoms with Crippen molar-refractivity contribution in [3.63, 3.8) is 0 Å². The molecule has 11 heteroatoms. The third-order valence-corrected chi connectivity index (χ3v) is 7.36. The Morgan fingerprint density at radius 1 is 0.881 bits per heavy atom. The van der Waals surface area contributed by atoms with Crippen molar-refractivity contribution in [2.24, 2.45) is 0 Å². The molecule has 0 bridgehead atoms. The molecule has 3 aromatic carbocycles. The molecule has 3 aromatic heterocycles. The SMILES string of the molecule is COC(C)n1c(=O)n(-c2ccccc2)c(=O)c2c1nc(C(C)C)n2Cc1ccc(-c2ccccc2-c2nn[nH]n2)cc1. The molecule has 0 aliphatic carbocycles. The van der Waals surface area contributed by atoms with Crippen LogP contribution in [0.2, 0.25) is 0 Å². The van der Waals surface area contributed by atoms with E-state index < -0.39 is 17.5 Å². The zero-order chi connectivity index (χ0) is 29.4. The van der Waals surface area contributed by atoms with E-state index in [0.717, 1.165) is 22.3 Å². The Balaban J connectivity index is 1.50. The third kappa shape index (κ3) is 4.63. The van der Waals surface area contributed by atoms with E-state index in [1.54, 1.807) is 31.2 Å². The summed E-state index contributed by atoms with van der Waals surface area (Å²) in [6, 6.07) is 24.9. The first-order valence-electron chi connectivity index (χ1n) is 13.7. The van der Waals surface area contributed by atoms with Crippen molar-refractivity contribution in [2.45, 2.75) is 39.5 Å². The number of H-pyrrole nitrogens is 1. The van der Waals surface area contributed by atoms with Gasteiger partial charge in [-0.15, -0.1) is 10.2 Å². The van der Waals surface area contributed by atoms with Gasteiger partial charge in [-0.1, -0.05) is 80.6 Å². The number of para-hydroxylation sites is 1. The average Bonchev–Trinajstić information content (AvgIpc) is 3.67. The molecule has 3 heterocycles. The molecule has 0 saturated carbocycles. The predicted octanol–water partition coefficient (Wildman–Crippen LogP) is 4.53. The fourth-order valence-corrected chi connectivity index (χ4v) is 5.24. The molecule has 0 radical (unpaired) electrons. The molecule has 0 amide bonds. The molecule has 1 unspecified atom stereocenters. The minimum absolute atomic E-state index is 0.00973. The highest BCUT2D eigenvalue weighted by Crippen LogP contribution is 2.30. The quantitative estimate of drug-likeness (QED) is 0.289. The summed E-state index contributed by atoms with van der Waals surface area (Å²) in [5.41, 5.74) is 4.02. The van der Waals surface area contributed by atoms with Crippen LogP contribution in [0.3, 0.4) is 0 Å². The number of nitrogens with zero attached hydrogens (tertiary/aromatic N) is 7. The van der Waals surface area contributed by atoms with Gasteiger partial charge in [-0.25, -0.2) is 18.9 Å². The van der Waals surface area contributed by atoms with E-state index in [2.05, 4.69) is 20.6 Å². The van der Waals surface area contributed by atoms with Crippen LogP contribution in [0.25, 0.3) is 39.4 Å². The van der Waals surface area contributed by atoms with Gasteiger partial charge in [0.05, 0.1) is 5.69 Å². The monoisotopic (exact) mass is 562 g/mol. The van der Waals surface area contributed by atoms with Gasteiger partial charge < -0.3 is 9.30 Å². The molecule has 6 aromatic rings. The number of fused-ring (bicyclic) bond motifs is 1. The van der Waals surface area contributed by atoms with Gasteiger partial charge in [0.25, 0.3) is 5.56 Å². The first-order valence-corrected chi connectivity index (χ1v) is 13.7. The number of nitrogens with one attached hydrogen (secondary N) is 1. The predicted molar refractivity (Wildman–Crippen MR) is 160 cm³/mol. The summed E-state index contributed by atoms with van der Waals surface area (Å²) in [6.07, 6.45) is -0.641. The van der Waals surface area contributed by atoms with Crippen LogP contribution in [0, 0.1) is 0 Å². The Morgan fingerprint density at radius 3 is 2.21 bits per heavy atom. The van der Waals surface area contributed by atoms with Crippen molar-refractivity contribution in [1.82, 2.24) is 39.3 Å². The second-order valence-electron chi connectivity index (χ2n) is 10.3. The Morgan fingerprint density at radius 2 is 1.57 bits per heavy atom. The number of tetrazole rings is 1. The Kier molecular flexibility index (Phi) is 7.09. The van der Waals surface area contributed by atoms with E-state index in [4.69, 9.17) is 9.72 Å². The molecule has 1 atom stereocenters. The van der Waals surface area contributed by atoms with Crippen molar-refractivity contribution in [1.29, 1.82) is 0 Å². The van der Waals surface area contributed by atoms with E-state index in [0.29, 0.717) is 35.0 Å². The van der Waals surface area contributed by atoms with Crippen LogP contribution in [0.1, 0.15) is 44.3 Å². The number of aromatic amines is 1. The molecule has 1 N–H and O–H groups in total. The molecular weight excluding hydrogens is 532 g/mol. The number of imidazole rings is 1. The molecule has 6 rings (SSSR count). The summed E-state index contributed by atoms with van der Waals surface area (Å²) in [4.78, 5) is 32.6. The molecule has 0 aliphatic heterocycles. The average molecular weight is 563 g/mol. The molecule has 0 saturated heterocycles. The Labute approximate surface area is 241 Å². The Bertz CT molecular complexity index is 1970. The van der Waals surface area contributed by atoms with Gasteiger partial charge in [0.2, 0.25) is 5.82 Å². The summed E-state index contributed by atoms with van der Waals surface area (Å²) in [5, 5.41) is 14.5. The number of ether oxygens (including phenoxy) is 1. The van der Waals surface area contributed by atoms with Crippen molar-refractivity contribution >= 4 is 11.2 Å². The van der Waals surface area contributed by atoms with Crippen LogP contribution in [0.5, 0.6) is 0 Å². The molecular formula is C31H30N8O3. The topological polar surface area (TPSA) is 126 Å². The second kappa shape index (κ2) is 11.0. The zero-order valence-electron chi connectivity index (χ0n) is 23.7. The minimum atomic E-state index is -0.641. The highest BCUT2D eigenvalue weighted by atomic mass is 16.5. The van der Waals surface area contributed by atoms with Gasteiger partial charge in [0.1, 0.15) is 12.1 Å². The van der Waals surface area contributed by atoms with Crippen LogP contribution in [0.15, 0.2) is 88.5 Å². The molecule has 0 fully saturated rings. The van der Waals surface area contributed by atoms with Crippen LogP contribution in [-0.2, 0) is 11.3 Å². The van der Waals surface area contributed by atoms with E-state index in [1.165, 1.54) is 16.2 Å². The van der Waals surface area contributed by atoms with Gasteiger partial charge in [0.15, 0.2) is 11.2 Å². The first kappa shape index (κ1) is 27.0. The van der Waals surface area contributed by atoms with Crippen molar-refractivity contribution in [3.8, 4) is 28.2 Å². The van der Waals surface area contributed by atoms with Crippen molar-refractivity contribution in [2.75, 3.05) is 7.11 Å². The van der Waals surface area contributed by atoms with E-state index in [9.17, 15) is 9.59 Å². The van der Waals surface area contributed by atoms with Gasteiger partial charge in [-0.2, -0.15) is 5.21 Å². The maximum Gasteiger partial charge on any atom is 0.339 e. The van der Waals surface area contributed by atoms with E-state index >= 15 is 0 Å². The maximum atomic E-state index is 14.1. The van der Waals surface area contributed by atoms with Crippen LogP contribution >= 0.6 is 0 Å². The zero-order valence-corrected chi connectivity index (χ0v) is 23.7. The number of hydrogen-bond donors (Lipinski definition) is 1. The molecule has 0 aliphatic rings. The number of rotatable bonds is 8. The first-order chi connectivity index (χ1) is 20.4. The van der Waals surface area contributed by atoms with Crippen molar-refractivity contribution < 1.29 is 4.74 Å². The smallest absolute Gasteiger partial charge is 0.339 e. The molecule has 0 spiro atoms. The van der Waals surface area contributed by atoms with Crippen molar-refractivity contribution in [3.05, 3.63) is 111 Å². The van der Waals surface area contributed by atoms with Gasteiger partial charge in [-0.05, 0) is 41.0 Å². The summed E-state index contributed by atoms with van der Waals surface area (Å²) >= 11 is 0. The summed E-state index contributed by atoms with van der Waals surface area (Å²) < 4.78 is 10.1. The van der Waals surface area contributed by atoms with Gasteiger partial charge in [0, 0.05) is 25.1 Å². The van der Waals surface area contributed by atoms with E-state index in [-0.39, 0.29) is 5.92 Å². The van der Waals surface area contributed by atoms with Gasteiger partial charge >= 0.3 is 5.69 Å². The largest absolute Gasteiger partial charge is 0.361 e. The lowest BCUT2D eigenvalue weighted by atomic mass is 9.98. The number of benzene rings is 3. The maximum absolute atomic E-state index is 14.1. The van der Waals surface area contributed by atoms with Crippen LogP contribution in [0.4, 0.5) is 0 Å². The number of hydrogen-bond acceptors (Lipinski definition) is 7. The molecule has 212 valence electrons. The second-order valence-corrected chi connectivity index (χ2v) is 10.3.